The van der Waals surface area contributed by atoms with Crippen LogP contribution in [0, 0.1) is 6.92 Å². The van der Waals surface area contributed by atoms with Crippen molar-refractivity contribution in [2.45, 2.75) is 25.0 Å². The summed E-state index contributed by atoms with van der Waals surface area (Å²) in [6.45, 7) is 1.95. The smallest absolute Gasteiger partial charge is 0.337 e. The zero-order valence-electron chi connectivity index (χ0n) is 19.2. The molecule has 2 aliphatic rings. The van der Waals surface area contributed by atoms with Gasteiger partial charge in [0, 0.05) is 22.1 Å². The monoisotopic (exact) mass is 531 g/mol. The zero-order valence-corrected chi connectivity index (χ0v) is 20.7. The number of anilines is 1. The molecular formula is C28H22BrNO5. The molecule has 0 aromatic heterocycles. The molecule has 3 aromatic rings. The zero-order chi connectivity index (χ0) is 24.7. The Balaban J connectivity index is 1.81. The van der Waals surface area contributed by atoms with Crippen molar-refractivity contribution >= 4 is 45.0 Å². The molecule has 0 unspecified atom stereocenters. The second-order valence-corrected chi connectivity index (χ2v) is 9.51. The third-order valence-electron chi connectivity index (χ3n) is 6.48. The number of aryl methyl sites for hydroxylation is 1. The maximum atomic E-state index is 13.7. The summed E-state index contributed by atoms with van der Waals surface area (Å²) in [5, 5.41) is 0. The number of methoxy groups -OCH3 is 1. The number of ether oxygens (including phenoxy) is 2. The number of hydrogen-bond acceptors (Lipinski definition) is 5. The number of benzene rings is 3. The lowest BCUT2D eigenvalue weighted by molar-refractivity contribution is -0.147. The van der Waals surface area contributed by atoms with E-state index < -0.39 is 29.3 Å². The lowest BCUT2D eigenvalue weighted by atomic mass is 9.78. The number of fused-ring (bicyclic) bond motifs is 1. The molecule has 1 amide bonds. The molecule has 2 aliphatic heterocycles. The number of carbonyl (C=O) groups excluding carboxylic acids is 3. The van der Waals surface area contributed by atoms with Gasteiger partial charge in [-0.3, -0.25) is 14.5 Å². The standard InChI is InChI=1S/C28H22BrNO5/c1-17-8-10-19(11-9-17)25-23-24(31)26(32)30(21-14-12-20(29)13-15-21)28(23,27(33)34-2)16-22(35-25)18-6-4-3-5-7-18/h3-15,22H,16H2,1-2H3/t22-,28+/m0/s1. The van der Waals surface area contributed by atoms with Crippen LogP contribution in [0.3, 0.4) is 0 Å². The van der Waals surface area contributed by atoms with Crippen LogP contribution in [0.1, 0.15) is 29.2 Å². The highest BCUT2D eigenvalue weighted by Gasteiger charge is 2.65. The molecule has 176 valence electrons. The van der Waals surface area contributed by atoms with E-state index in [2.05, 4.69) is 15.9 Å². The molecule has 35 heavy (non-hydrogen) atoms. The number of carbonyl (C=O) groups is 3. The molecule has 1 fully saturated rings. The maximum absolute atomic E-state index is 13.7. The summed E-state index contributed by atoms with van der Waals surface area (Å²) < 4.78 is 12.5. The predicted octanol–water partition coefficient (Wildman–Crippen LogP) is 5.16. The summed E-state index contributed by atoms with van der Waals surface area (Å²) in [7, 11) is 1.26. The fraction of sp³-hybridized carbons (Fsp3) is 0.179. The number of halogens is 1. The first-order valence-electron chi connectivity index (χ1n) is 11.1. The number of esters is 1. The van der Waals surface area contributed by atoms with Gasteiger partial charge < -0.3 is 9.47 Å². The Morgan fingerprint density at radius 1 is 1.00 bits per heavy atom. The van der Waals surface area contributed by atoms with Crippen molar-refractivity contribution in [1.82, 2.24) is 0 Å². The SMILES string of the molecule is COC(=O)[C@@]12C[C@@H](c3ccccc3)OC(c3ccc(C)cc3)=C1C(=O)C(=O)N2c1ccc(Br)cc1. The molecule has 2 heterocycles. The highest BCUT2D eigenvalue weighted by atomic mass is 79.9. The van der Waals surface area contributed by atoms with Crippen LogP contribution in [0.4, 0.5) is 5.69 Å². The Kier molecular flexibility index (Phi) is 5.81. The van der Waals surface area contributed by atoms with Crippen LogP contribution in [0.25, 0.3) is 5.76 Å². The normalized spacial score (nSPS) is 21.6. The highest BCUT2D eigenvalue weighted by molar-refractivity contribution is 9.10. The third-order valence-corrected chi connectivity index (χ3v) is 7.01. The van der Waals surface area contributed by atoms with Gasteiger partial charge in [0.2, 0.25) is 0 Å². The van der Waals surface area contributed by atoms with Crippen LogP contribution in [0.2, 0.25) is 0 Å². The number of Topliss-reactive ketones (excluding diaryl/α,β-unsaturated/α-hetero) is 1. The average molecular weight is 532 g/mol. The molecule has 2 atom stereocenters. The number of amides is 1. The second kappa shape index (κ2) is 8.82. The molecule has 0 N–H and O–H groups in total. The summed E-state index contributed by atoms with van der Waals surface area (Å²) in [6.07, 6.45) is -0.575. The van der Waals surface area contributed by atoms with Gasteiger partial charge in [-0.1, -0.05) is 76.1 Å². The molecule has 0 aliphatic carbocycles. The summed E-state index contributed by atoms with van der Waals surface area (Å²) in [4.78, 5) is 42.0. The van der Waals surface area contributed by atoms with Gasteiger partial charge in [-0.25, -0.2) is 4.79 Å². The molecule has 1 saturated heterocycles. The van der Waals surface area contributed by atoms with E-state index in [1.165, 1.54) is 12.0 Å². The molecule has 0 spiro atoms. The van der Waals surface area contributed by atoms with Gasteiger partial charge in [-0.15, -0.1) is 0 Å². The van der Waals surface area contributed by atoms with E-state index in [4.69, 9.17) is 9.47 Å². The predicted molar refractivity (Wildman–Crippen MR) is 134 cm³/mol. The van der Waals surface area contributed by atoms with Crippen molar-refractivity contribution in [3.05, 3.63) is 106 Å². The van der Waals surface area contributed by atoms with Crippen molar-refractivity contribution in [1.29, 1.82) is 0 Å². The first-order valence-corrected chi connectivity index (χ1v) is 11.9. The van der Waals surface area contributed by atoms with Crippen LogP contribution >= 0.6 is 15.9 Å². The van der Waals surface area contributed by atoms with Crippen molar-refractivity contribution in [3.63, 3.8) is 0 Å². The number of rotatable bonds is 4. The largest absolute Gasteiger partial charge is 0.484 e. The van der Waals surface area contributed by atoms with E-state index in [1.807, 2.05) is 61.5 Å². The lowest BCUT2D eigenvalue weighted by Gasteiger charge is -2.42. The molecular weight excluding hydrogens is 510 g/mol. The molecule has 5 rings (SSSR count). The van der Waals surface area contributed by atoms with Gasteiger partial charge in [-0.2, -0.15) is 0 Å². The molecule has 3 aromatic carbocycles. The number of hydrogen-bond donors (Lipinski definition) is 0. The van der Waals surface area contributed by atoms with Crippen molar-refractivity contribution in [3.8, 4) is 0 Å². The van der Waals surface area contributed by atoms with Gasteiger partial charge in [0.1, 0.15) is 11.9 Å². The van der Waals surface area contributed by atoms with Crippen molar-refractivity contribution in [2.75, 3.05) is 12.0 Å². The van der Waals surface area contributed by atoms with Gasteiger partial charge in [0.25, 0.3) is 5.78 Å². The Morgan fingerprint density at radius 3 is 2.29 bits per heavy atom. The van der Waals surface area contributed by atoms with E-state index in [1.54, 1.807) is 24.3 Å². The minimum Gasteiger partial charge on any atom is -0.484 e. The van der Waals surface area contributed by atoms with E-state index in [-0.39, 0.29) is 17.8 Å². The topological polar surface area (TPSA) is 72.9 Å². The first-order chi connectivity index (χ1) is 16.9. The quantitative estimate of drug-likeness (QED) is 0.343. The Hall–Kier alpha value is -3.71. The fourth-order valence-electron chi connectivity index (χ4n) is 4.82. The van der Waals surface area contributed by atoms with E-state index >= 15 is 0 Å². The van der Waals surface area contributed by atoms with Crippen molar-refractivity contribution in [2.24, 2.45) is 0 Å². The fourth-order valence-corrected chi connectivity index (χ4v) is 5.09. The van der Waals surface area contributed by atoms with Crippen molar-refractivity contribution < 1.29 is 23.9 Å². The summed E-state index contributed by atoms with van der Waals surface area (Å²) in [6, 6.07) is 23.8. The first kappa shape index (κ1) is 23.1. The second-order valence-electron chi connectivity index (χ2n) is 8.59. The van der Waals surface area contributed by atoms with Gasteiger partial charge >= 0.3 is 11.9 Å². The molecule has 0 radical (unpaired) electrons. The third kappa shape index (κ3) is 3.67. The minimum absolute atomic E-state index is 0.00769. The molecule has 0 bridgehead atoms. The van der Waals surface area contributed by atoms with E-state index in [0.717, 1.165) is 15.6 Å². The Bertz CT molecular complexity index is 1350. The summed E-state index contributed by atoms with van der Waals surface area (Å²) >= 11 is 3.40. The van der Waals surface area contributed by atoms with Crippen LogP contribution in [-0.2, 0) is 23.9 Å². The van der Waals surface area contributed by atoms with Crippen LogP contribution in [0.15, 0.2) is 88.9 Å². The van der Waals surface area contributed by atoms with Crippen LogP contribution in [0.5, 0.6) is 0 Å². The average Bonchev–Trinajstić information content (AvgIpc) is 3.12. The molecule has 6 nitrogen and oxygen atoms in total. The van der Waals surface area contributed by atoms with Gasteiger partial charge in [-0.05, 0) is 36.8 Å². The van der Waals surface area contributed by atoms with Gasteiger partial charge in [0.05, 0.1) is 12.7 Å². The molecule has 7 heteroatoms. The summed E-state index contributed by atoms with van der Waals surface area (Å²) in [5.41, 5.74) is 1.20. The Labute approximate surface area is 211 Å². The lowest BCUT2D eigenvalue weighted by Crippen LogP contribution is -2.56. The summed E-state index contributed by atoms with van der Waals surface area (Å²) in [5.74, 6) is -2.05. The maximum Gasteiger partial charge on any atom is 0.337 e. The van der Waals surface area contributed by atoms with E-state index in [9.17, 15) is 14.4 Å². The minimum atomic E-state index is -1.68. The molecule has 0 saturated carbocycles. The number of nitrogens with zero attached hydrogens (tertiary/aromatic N) is 1. The van der Waals surface area contributed by atoms with Crippen LogP contribution in [-0.4, -0.2) is 30.3 Å². The Morgan fingerprint density at radius 2 is 1.66 bits per heavy atom. The van der Waals surface area contributed by atoms with E-state index in [0.29, 0.717) is 11.3 Å². The highest BCUT2D eigenvalue weighted by Crippen LogP contribution is 2.52. The number of ketones is 1. The van der Waals surface area contributed by atoms with Gasteiger partial charge in [0.15, 0.2) is 5.54 Å². The van der Waals surface area contributed by atoms with Crippen LogP contribution < -0.4 is 4.90 Å².